The summed E-state index contributed by atoms with van der Waals surface area (Å²) in [6.45, 7) is 6.80. The van der Waals surface area contributed by atoms with Gasteiger partial charge < -0.3 is 9.30 Å². The zero-order chi connectivity index (χ0) is 12.2. The average molecular weight is 253 g/mol. The van der Waals surface area contributed by atoms with Crippen LogP contribution in [0.5, 0.6) is 0 Å². The molecule has 0 aromatic carbocycles. The van der Waals surface area contributed by atoms with Crippen LogP contribution in [0.4, 0.5) is 0 Å². The number of imidazole rings is 1. The minimum absolute atomic E-state index is 0.128. The fourth-order valence-electron chi connectivity index (χ4n) is 2.38. The zero-order valence-electron chi connectivity index (χ0n) is 9.94. The van der Waals surface area contributed by atoms with Gasteiger partial charge in [0.05, 0.1) is 18.8 Å². The number of rotatable bonds is 0. The number of fused-ring (bicyclic) bond motifs is 3. The molecule has 0 amide bonds. The molecule has 2 aromatic rings. The van der Waals surface area contributed by atoms with Crippen molar-refractivity contribution in [2.24, 2.45) is 0 Å². The molecule has 1 unspecified atom stereocenters. The summed E-state index contributed by atoms with van der Waals surface area (Å²) in [7, 11) is 0. The monoisotopic (exact) mass is 252 g/mol. The number of ether oxygens (including phenoxy) is 1. The molecule has 0 N–H and O–H groups in total. The number of hydrogen-bond donors (Lipinski definition) is 0. The molecule has 0 saturated carbocycles. The van der Waals surface area contributed by atoms with Gasteiger partial charge in [0.15, 0.2) is 5.65 Å². The molecule has 90 valence electrons. The van der Waals surface area contributed by atoms with Gasteiger partial charge in [-0.1, -0.05) is 0 Å². The predicted octanol–water partition coefficient (Wildman–Crippen LogP) is 2.13. The second-order valence-electron chi connectivity index (χ2n) is 4.83. The maximum absolute atomic E-state index is 5.90. The average Bonchev–Trinajstić information content (AvgIpc) is 2.56. The first-order valence-corrected chi connectivity index (χ1v) is 5.92. The lowest BCUT2D eigenvalue weighted by Crippen LogP contribution is -2.38. The molecule has 0 aliphatic carbocycles. The molecule has 1 aliphatic rings. The summed E-state index contributed by atoms with van der Waals surface area (Å²) in [5.41, 5.74) is 1.13. The van der Waals surface area contributed by atoms with E-state index in [1.54, 1.807) is 6.20 Å². The third kappa shape index (κ3) is 1.61. The lowest BCUT2D eigenvalue weighted by Gasteiger charge is -2.34. The van der Waals surface area contributed by atoms with Crippen LogP contribution in [0.3, 0.4) is 0 Å². The normalized spacial score (nSPS) is 22.7. The molecule has 6 heteroatoms. The first-order valence-electron chi connectivity index (χ1n) is 5.54. The van der Waals surface area contributed by atoms with Crippen molar-refractivity contribution in [2.75, 3.05) is 0 Å². The van der Waals surface area contributed by atoms with Crippen LogP contribution in [0, 0.1) is 0 Å². The van der Waals surface area contributed by atoms with E-state index in [4.69, 9.17) is 16.3 Å². The summed E-state index contributed by atoms with van der Waals surface area (Å²) < 4.78 is 7.96. The van der Waals surface area contributed by atoms with Gasteiger partial charge >= 0.3 is 0 Å². The largest absolute Gasteiger partial charge is 0.363 e. The van der Waals surface area contributed by atoms with Gasteiger partial charge in [0.1, 0.15) is 16.9 Å². The lowest BCUT2D eigenvalue weighted by molar-refractivity contribution is -0.100. The second kappa shape index (κ2) is 3.40. The first kappa shape index (κ1) is 10.9. The smallest absolute Gasteiger partial charge is 0.224 e. The number of aromatic nitrogens is 4. The van der Waals surface area contributed by atoms with Crippen LogP contribution >= 0.6 is 11.6 Å². The van der Waals surface area contributed by atoms with Crippen LogP contribution < -0.4 is 0 Å². The molecule has 0 saturated heterocycles. The predicted molar refractivity (Wildman–Crippen MR) is 63.9 cm³/mol. The van der Waals surface area contributed by atoms with E-state index < -0.39 is 5.60 Å². The summed E-state index contributed by atoms with van der Waals surface area (Å²) in [5, 5.41) is 0.247. The van der Waals surface area contributed by atoms with Crippen LogP contribution in [0.1, 0.15) is 26.6 Å². The van der Waals surface area contributed by atoms with Crippen molar-refractivity contribution in [3.8, 4) is 0 Å². The van der Waals surface area contributed by atoms with Crippen LogP contribution in [0.25, 0.3) is 11.2 Å². The minimum atomic E-state index is -0.412. The molecule has 0 spiro atoms. The Labute approximate surface area is 104 Å². The molecule has 0 bridgehead atoms. The number of halogens is 1. The minimum Gasteiger partial charge on any atom is -0.363 e. The molecule has 0 fully saturated rings. The summed E-state index contributed by atoms with van der Waals surface area (Å²) in [5.74, 6) is 0.877. The van der Waals surface area contributed by atoms with Crippen LogP contribution in [-0.4, -0.2) is 25.6 Å². The van der Waals surface area contributed by atoms with E-state index in [2.05, 4.69) is 19.5 Å². The summed E-state index contributed by atoms with van der Waals surface area (Å²) in [4.78, 5) is 12.7. The van der Waals surface area contributed by atoms with Gasteiger partial charge in [0.2, 0.25) is 5.28 Å². The standard InChI is InChI=1S/C11H13ClN4O/c1-6-5-16-8-7(4-13-10(12)15-8)14-9(16)11(2,3)17-6/h4,6H,5H2,1-3H3. The van der Waals surface area contributed by atoms with Crippen molar-refractivity contribution in [2.45, 2.75) is 39.0 Å². The molecule has 0 radical (unpaired) electrons. The maximum atomic E-state index is 5.90. The fourth-order valence-corrected chi connectivity index (χ4v) is 2.51. The molecule has 17 heavy (non-hydrogen) atoms. The Kier molecular flexibility index (Phi) is 2.18. The highest BCUT2D eigenvalue weighted by Gasteiger charge is 2.35. The number of nitrogens with zero attached hydrogens (tertiary/aromatic N) is 4. The molecule has 2 aromatic heterocycles. The van der Waals surface area contributed by atoms with E-state index in [0.29, 0.717) is 0 Å². The summed E-state index contributed by atoms with van der Waals surface area (Å²) >= 11 is 5.83. The number of hydrogen-bond acceptors (Lipinski definition) is 4. The topological polar surface area (TPSA) is 52.8 Å². The van der Waals surface area contributed by atoms with Gasteiger partial charge in [-0.15, -0.1) is 0 Å². The zero-order valence-corrected chi connectivity index (χ0v) is 10.7. The first-order chi connectivity index (χ1) is 7.97. The lowest BCUT2D eigenvalue weighted by atomic mass is 10.1. The Morgan fingerprint density at radius 1 is 1.47 bits per heavy atom. The van der Waals surface area contributed by atoms with Crippen molar-refractivity contribution < 1.29 is 4.74 Å². The Morgan fingerprint density at radius 3 is 3.00 bits per heavy atom. The van der Waals surface area contributed by atoms with Crippen LogP contribution in [-0.2, 0) is 16.9 Å². The van der Waals surface area contributed by atoms with Crippen molar-refractivity contribution in [3.05, 3.63) is 17.3 Å². The van der Waals surface area contributed by atoms with E-state index in [-0.39, 0.29) is 11.4 Å². The van der Waals surface area contributed by atoms with Crippen molar-refractivity contribution in [3.63, 3.8) is 0 Å². The van der Waals surface area contributed by atoms with E-state index in [1.807, 2.05) is 20.8 Å². The quantitative estimate of drug-likeness (QED) is 0.674. The van der Waals surface area contributed by atoms with E-state index in [9.17, 15) is 0 Å². The molecule has 5 nitrogen and oxygen atoms in total. The van der Waals surface area contributed by atoms with Crippen molar-refractivity contribution in [1.82, 2.24) is 19.5 Å². The SMILES string of the molecule is CC1Cn2c(nc3cnc(Cl)nc32)C(C)(C)O1. The Bertz CT molecular complexity index is 592. The Hall–Kier alpha value is -1.20. The highest BCUT2D eigenvalue weighted by Crippen LogP contribution is 2.33. The van der Waals surface area contributed by atoms with E-state index in [1.165, 1.54) is 0 Å². The van der Waals surface area contributed by atoms with E-state index >= 15 is 0 Å². The van der Waals surface area contributed by atoms with Crippen LogP contribution in [0.15, 0.2) is 6.20 Å². The van der Waals surface area contributed by atoms with Gasteiger partial charge in [-0.2, -0.15) is 4.98 Å². The molecule has 1 aliphatic heterocycles. The third-order valence-corrected chi connectivity index (χ3v) is 3.11. The molecular formula is C11H13ClN4O. The summed E-state index contributed by atoms with van der Waals surface area (Å²) in [6, 6.07) is 0. The summed E-state index contributed by atoms with van der Waals surface area (Å²) in [6.07, 6.45) is 1.78. The third-order valence-electron chi connectivity index (χ3n) is 2.93. The van der Waals surface area contributed by atoms with Crippen LogP contribution in [0.2, 0.25) is 5.28 Å². The highest BCUT2D eigenvalue weighted by atomic mass is 35.5. The Balaban J connectivity index is 2.31. The highest BCUT2D eigenvalue weighted by molar-refractivity contribution is 6.28. The maximum Gasteiger partial charge on any atom is 0.224 e. The van der Waals surface area contributed by atoms with Gasteiger partial charge in [-0.25, -0.2) is 9.97 Å². The van der Waals surface area contributed by atoms with Gasteiger partial charge in [0.25, 0.3) is 0 Å². The molecular weight excluding hydrogens is 240 g/mol. The van der Waals surface area contributed by atoms with Crippen molar-refractivity contribution >= 4 is 22.8 Å². The van der Waals surface area contributed by atoms with Crippen molar-refractivity contribution in [1.29, 1.82) is 0 Å². The fraction of sp³-hybridized carbons (Fsp3) is 0.545. The molecule has 3 heterocycles. The van der Waals surface area contributed by atoms with Gasteiger partial charge in [-0.05, 0) is 32.4 Å². The van der Waals surface area contributed by atoms with Gasteiger partial charge in [0, 0.05) is 0 Å². The van der Waals surface area contributed by atoms with Gasteiger partial charge in [-0.3, -0.25) is 0 Å². The second-order valence-corrected chi connectivity index (χ2v) is 5.17. The molecule has 1 atom stereocenters. The van der Waals surface area contributed by atoms with E-state index in [0.717, 1.165) is 23.5 Å². The Morgan fingerprint density at radius 2 is 2.24 bits per heavy atom. The molecule has 3 rings (SSSR count).